The summed E-state index contributed by atoms with van der Waals surface area (Å²) in [5.74, 6) is -1.41. The smallest absolute Gasteiger partial charge is 0.360 e. The van der Waals surface area contributed by atoms with Crippen LogP contribution in [0, 0.1) is 0 Å². The summed E-state index contributed by atoms with van der Waals surface area (Å²) in [7, 11) is 1.70. The normalized spacial score (nSPS) is 16.6. The number of carboxylic acid groups (broad SMARTS) is 1. The van der Waals surface area contributed by atoms with Gasteiger partial charge in [-0.15, -0.1) is 0 Å². The van der Waals surface area contributed by atoms with E-state index in [0.717, 1.165) is 18.4 Å². The van der Waals surface area contributed by atoms with Crippen LogP contribution >= 0.6 is 0 Å². The third-order valence-electron chi connectivity index (χ3n) is 4.29. The van der Waals surface area contributed by atoms with Crippen LogP contribution in [-0.4, -0.2) is 51.9 Å². The number of carbonyl (C=O) groups is 2. The van der Waals surface area contributed by atoms with Crippen LogP contribution in [0.5, 0.6) is 5.75 Å². The molecule has 0 spiro atoms. The van der Waals surface area contributed by atoms with Gasteiger partial charge in [0.05, 0.1) is 12.6 Å². The first-order chi connectivity index (χ1) is 12.0. The van der Waals surface area contributed by atoms with Gasteiger partial charge < -0.3 is 14.7 Å². The molecular formula is C18H21N3O4. The second kappa shape index (κ2) is 6.96. The molecule has 1 aromatic carbocycles. The molecule has 132 valence electrons. The summed E-state index contributed by atoms with van der Waals surface area (Å²) in [5, 5.41) is 13.7. The van der Waals surface area contributed by atoms with Gasteiger partial charge in [-0.1, -0.05) is 43.7 Å². The lowest BCUT2D eigenvalue weighted by atomic mass is 10.0. The van der Waals surface area contributed by atoms with Crippen LogP contribution in [0.25, 0.3) is 0 Å². The Labute approximate surface area is 145 Å². The van der Waals surface area contributed by atoms with E-state index in [-0.39, 0.29) is 29.1 Å². The van der Waals surface area contributed by atoms with Gasteiger partial charge in [-0.3, -0.25) is 4.79 Å². The Hall–Kier alpha value is -2.83. The molecule has 7 heteroatoms. The zero-order valence-corrected chi connectivity index (χ0v) is 14.3. The Morgan fingerprint density at radius 3 is 2.72 bits per heavy atom. The molecule has 0 aliphatic carbocycles. The number of hydrogen-bond donors (Lipinski definition) is 1. The first-order valence-corrected chi connectivity index (χ1v) is 8.33. The van der Waals surface area contributed by atoms with Gasteiger partial charge in [0.2, 0.25) is 5.69 Å². The lowest BCUT2D eigenvalue weighted by Crippen LogP contribution is -2.41. The van der Waals surface area contributed by atoms with Crippen molar-refractivity contribution in [2.45, 2.75) is 25.8 Å². The van der Waals surface area contributed by atoms with Crippen molar-refractivity contribution in [2.24, 2.45) is 0 Å². The van der Waals surface area contributed by atoms with Crippen LogP contribution in [0.15, 0.2) is 30.3 Å². The number of amides is 1. The van der Waals surface area contributed by atoms with Crippen molar-refractivity contribution in [2.75, 3.05) is 20.2 Å². The standard InChI is InChI=1S/C18H21N3O4/c1-3-4-10-25-16-14(18(23)24)19-21-13(12-8-6-5-7-9-12)11-20(2)17(22)15(16)21/h5-9,13H,3-4,10-11H2,1-2H3,(H,23,24)/t13-/m1/s1. The molecule has 2 heterocycles. The summed E-state index contributed by atoms with van der Waals surface area (Å²) in [6.45, 7) is 2.78. The predicted molar refractivity (Wildman–Crippen MR) is 91.1 cm³/mol. The number of hydrogen-bond acceptors (Lipinski definition) is 4. The topological polar surface area (TPSA) is 84.7 Å². The molecule has 0 unspecified atom stereocenters. The molecule has 2 aromatic rings. The number of fused-ring (bicyclic) bond motifs is 1. The maximum absolute atomic E-state index is 12.7. The van der Waals surface area contributed by atoms with Gasteiger partial charge in [-0.25, -0.2) is 9.48 Å². The molecule has 1 aliphatic heterocycles. The highest BCUT2D eigenvalue weighted by Crippen LogP contribution is 2.34. The van der Waals surface area contributed by atoms with E-state index < -0.39 is 5.97 Å². The molecule has 0 radical (unpaired) electrons. The van der Waals surface area contributed by atoms with E-state index in [1.54, 1.807) is 11.9 Å². The molecule has 1 aliphatic rings. The van der Waals surface area contributed by atoms with Crippen LogP contribution in [0.4, 0.5) is 0 Å². The van der Waals surface area contributed by atoms with Crippen LogP contribution in [0.3, 0.4) is 0 Å². The van der Waals surface area contributed by atoms with Crippen LogP contribution in [-0.2, 0) is 0 Å². The largest absolute Gasteiger partial charge is 0.489 e. The van der Waals surface area contributed by atoms with Gasteiger partial charge in [0.25, 0.3) is 5.91 Å². The molecule has 7 nitrogen and oxygen atoms in total. The molecule has 0 bridgehead atoms. The minimum Gasteiger partial charge on any atom is -0.489 e. The van der Waals surface area contributed by atoms with E-state index in [4.69, 9.17) is 4.74 Å². The number of carboxylic acids is 1. The maximum Gasteiger partial charge on any atom is 0.360 e. The molecular weight excluding hydrogens is 322 g/mol. The number of carbonyl (C=O) groups excluding carboxylic acids is 1. The zero-order chi connectivity index (χ0) is 18.0. The number of unbranched alkanes of at least 4 members (excludes halogenated alkanes) is 1. The molecule has 0 saturated carbocycles. The van der Waals surface area contributed by atoms with Gasteiger partial charge in [0.1, 0.15) is 0 Å². The molecule has 1 atom stereocenters. The Morgan fingerprint density at radius 1 is 1.36 bits per heavy atom. The Kier molecular flexibility index (Phi) is 4.74. The van der Waals surface area contributed by atoms with E-state index in [9.17, 15) is 14.7 Å². The summed E-state index contributed by atoms with van der Waals surface area (Å²) in [5.41, 5.74) is 0.953. The number of rotatable bonds is 6. The van der Waals surface area contributed by atoms with Crippen molar-refractivity contribution >= 4 is 11.9 Å². The SMILES string of the molecule is CCCCOc1c(C(=O)O)nn2c1C(=O)N(C)C[C@@H]2c1ccccc1. The monoisotopic (exact) mass is 343 g/mol. The fourth-order valence-electron chi connectivity index (χ4n) is 2.96. The van der Waals surface area contributed by atoms with E-state index in [2.05, 4.69) is 5.10 Å². The van der Waals surface area contributed by atoms with E-state index in [0.29, 0.717) is 13.2 Å². The van der Waals surface area contributed by atoms with Crippen molar-refractivity contribution in [1.29, 1.82) is 0 Å². The number of aromatic carboxylic acids is 1. The summed E-state index contributed by atoms with van der Waals surface area (Å²) < 4.78 is 7.17. The molecule has 1 amide bonds. The lowest BCUT2D eigenvalue weighted by Gasteiger charge is -2.31. The zero-order valence-electron chi connectivity index (χ0n) is 14.3. The average Bonchev–Trinajstić information content (AvgIpc) is 2.99. The van der Waals surface area contributed by atoms with E-state index in [1.165, 1.54) is 4.68 Å². The number of likely N-dealkylation sites (N-methyl/N-ethyl adjacent to an activating group) is 1. The highest BCUT2D eigenvalue weighted by molar-refractivity contribution is 6.00. The Morgan fingerprint density at radius 2 is 2.08 bits per heavy atom. The third kappa shape index (κ3) is 3.09. The first-order valence-electron chi connectivity index (χ1n) is 8.33. The molecule has 0 fully saturated rings. The highest BCUT2D eigenvalue weighted by Gasteiger charge is 2.38. The number of ether oxygens (including phenoxy) is 1. The molecule has 3 rings (SSSR count). The number of benzene rings is 1. The van der Waals surface area contributed by atoms with Crippen molar-refractivity contribution in [1.82, 2.24) is 14.7 Å². The van der Waals surface area contributed by atoms with Gasteiger partial charge in [0.15, 0.2) is 11.4 Å². The third-order valence-corrected chi connectivity index (χ3v) is 4.29. The van der Waals surface area contributed by atoms with Crippen molar-refractivity contribution in [3.63, 3.8) is 0 Å². The predicted octanol–water partition coefficient (Wildman–Crippen LogP) is 2.44. The summed E-state index contributed by atoms with van der Waals surface area (Å²) >= 11 is 0. The van der Waals surface area contributed by atoms with Gasteiger partial charge in [0, 0.05) is 13.6 Å². The number of aromatic nitrogens is 2. The first kappa shape index (κ1) is 17.0. The summed E-state index contributed by atoms with van der Waals surface area (Å²) in [6.07, 6.45) is 1.68. The van der Waals surface area contributed by atoms with Gasteiger partial charge >= 0.3 is 5.97 Å². The molecule has 1 N–H and O–H groups in total. The molecule has 25 heavy (non-hydrogen) atoms. The minimum absolute atomic E-state index is 0.0680. The van der Waals surface area contributed by atoms with Gasteiger partial charge in [-0.2, -0.15) is 5.10 Å². The van der Waals surface area contributed by atoms with E-state index in [1.807, 2.05) is 37.3 Å². The Balaban J connectivity index is 2.11. The van der Waals surface area contributed by atoms with Crippen LogP contribution in [0.1, 0.15) is 52.3 Å². The average molecular weight is 343 g/mol. The second-order valence-corrected chi connectivity index (χ2v) is 6.09. The van der Waals surface area contributed by atoms with Crippen molar-refractivity contribution in [3.8, 4) is 5.75 Å². The number of nitrogens with zero attached hydrogens (tertiary/aromatic N) is 3. The van der Waals surface area contributed by atoms with Crippen LogP contribution < -0.4 is 4.74 Å². The molecule has 1 aromatic heterocycles. The fraction of sp³-hybridized carbons (Fsp3) is 0.389. The highest BCUT2D eigenvalue weighted by atomic mass is 16.5. The summed E-state index contributed by atoms with van der Waals surface area (Å²) in [6, 6.07) is 9.36. The fourth-order valence-corrected chi connectivity index (χ4v) is 2.96. The van der Waals surface area contributed by atoms with Crippen molar-refractivity contribution in [3.05, 3.63) is 47.3 Å². The lowest BCUT2D eigenvalue weighted by molar-refractivity contribution is 0.0681. The maximum atomic E-state index is 12.7. The van der Waals surface area contributed by atoms with Crippen LogP contribution in [0.2, 0.25) is 0 Å². The minimum atomic E-state index is -1.20. The summed E-state index contributed by atoms with van der Waals surface area (Å²) in [4.78, 5) is 25.9. The van der Waals surface area contributed by atoms with Crippen molar-refractivity contribution < 1.29 is 19.4 Å². The molecule has 0 saturated heterocycles. The van der Waals surface area contributed by atoms with E-state index >= 15 is 0 Å². The van der Waals surface area contributed by atoms with Gasteiger partial charge in [-0.05, 0) is 12.0 Å². The quantitative estimate of drug-likeness (QED) is 0.814. The second-order valence-electron chi connectivity index (χ2n) is 6.09. The Bertz CT molecular complexity index is 785.